The third-order valence-electron chi connectivity index (χ3n) is 2.19. The summed E-state index contributed by atoms with van der Waals surface area (Å²) >= 11 is 3.36. The minimum atomic E-state index is -0.321. The molecule has 0 N–H and O–H groups in total. The Bertz CT molecular complexity index is 503. The van der Waals surface area contributed by atoms with Crippen molar-refractivity contribution in [2.24, 2.45) is 0 Å². The van der Waals surface area contributed by atoms with Crippen molar-refractivity contribution < 1.29 is 4.42 Å². The molecule has 0 aliphatic carbocycles. The number of rotatable bonds is 4. The van der Waals surface area contributed by atoms with Gasteiger partial charge in [-0.25, -0.2) is 9.78 Å². The van der Waals surface area contributed by atoms with Crippen molar-refractivity contribution >= 4 is 27.2 Å². The van der Waals surface area contributed by atoms with E-state index in [0.29, 0.717) is 17.8 Å². The van der Waals surface area contributed by atoms with Gasteiger partial charge in [0.1, 0.15) is 0 Å². The Morgan fingerprint density at radius 3 is 3.13 bits per heavy atom. The first-order chi connectivity index (χ1) is 7.33. The molecule has 0 aliphatic rings. The van der Waals surface area contributed by atoms with Gasteiger partial charge in [-0.2, -0.15) is 0 Å². The van der Waals surface area contributed by atoms with Crippen LogP contribution in [-0.4, -0.2) is 14.9 Å². The summed E-state index contributed by atoms with van der Waals surface area (Å²) in [6.45, 7) is 0.661. The molecule has 2 rings (SSSR count). The lowest BCUT2D eigenvalue weighted by atomic mass is 10.3. The maximum Gasteiger partial charge on any atom is 0.421 e. The molecule has 0 bridgehead atoms. The molecule has 0 amide bonds. The van der Waals surface area contributed by atoms with Gasteiger partial charge in [-0.15, -0.1) is 0 Å². The summed E-state index contributed by atoms with van der Waals surface area (Å²) in [7, 11) is 0. The van der Waals surface area contributed by atoms with Crippen LogP contribution in [0.4, 0.5) is 0 Å². The van der Waals surface area contributed by atoms with Gasteiger partial charge in [0.15, 0.2) is 11.2 Å². The standard InChI is InChI=1S/C10H11BrN2O2/c11-5-1-2-7-13-9-8(15-10(13)14)4-3-6-12-9/h3-4,6H,1-2,5,7H2. The van der Waals surface area contributed by atoms with Gasteiger partial charge in [-0.1, -0.05) is 15.9 Å². The maximum absolute atomic E-state index is 11.5. The van der Waals surface area contributed by atoms with Crippen molar-refractivity contribution in [3.8, 4) is 0 Å². The molecule has 2 aromatic heterocycles. The van der Waals surface area contributed by atoms with Gasteiger partial charge in [0, 0.05) is 18.1 Å². The topological polar surface area (TPSA) is 48.0 Å². The minimum Gasteiger partial charge on any atom is -0.406 e. The zero-order valence-electron chi connectivity index (χ0n) is 8.15. The molecular weight excluding hydrogens is 260 g/mol. The summed E-state index contributed by atoms with van der Waals surface area (Å²) < 4.78 is 6.64. The number of aromatic nitrogens is 2. The van der Waals surface area contributed by atoms with Crippen molar-refractivity contribution in [2.45, 2.75) is 19.4 Å². The first-order valence-corrected chi connectivity index (χ1v) is 5.95. The summed E-state index contributed by atoms with van der Waals surface area (Å²) in [4.78, 5) is 15.6. The van der Waals surface area contributed by atoms with Gasteiger partial charge in [-0.05, 0) is 25.0 Å². The lowest BCUT2D eigenvalue weighted by molar-refractivity contribution is 0.496. The van der Waals surface area contributed by atoms with E-state index in [1.165, 1.54) is 0 Å². The molecule has 0 saturated heterocycles. The molecule has 0 saturated carbocycles. The summed E-state index contributed by atoms with van der Waals surface area (Å²) in [6, 6.07) is 3.51. The number of unbranched alkanes of at least 4 members (excludes halogenated alkanes) is 1. The first kappa shape index (κ1) is 10.4. The van der Waals surface area contributed by atoms with E-state index in [1.807, 2.05) is 0 Å². The maximum atomic E-state index is 11.5. The summed E-state index contributed by atoms with van der Waals surface area (Å²) in [5.41, 5.74) is 1.19. The fourth-order valence-corrected chi connectivity index (χ4v) is 1.86. The molecule has 0 atom stereocenters. The van der Waals surface area contributed by atoms with Gasteiger partial charge in [-0.3, -0.25) is 4.57 Å². The third kappa shape index (κ3) is 2.12. The van der Waals surface area contributed by atoms with Crippen molar-refractivity contribution in [3.63, 3.8) is 0 Å². The number of hydrogen-bond donors (Lipinski definition) is 0. The Morgan fingerprint density at radius 1 is 1.47 bits per heavy atom. The van der Waals surface area contributed by atoms with Crippen LogP contribution >= 0.6 is 15.9 Å². The monoisotopic (exact) mass is 270 g/mol. The van der Waals surface area contributed by atoms with Gasteiger partial charge in [0.25, 0.3) is 0 Å². The molecule has 5 heteroatoms. The van der Waals surface area contributed by atoms with Crippen LogP contribution < -0.4 is 5.76 Å². The number of oxazole rings is 1. The number of alkyl halides is 1. The molecule has 0 aromatic carbocycles. The Labute approximate surface area is 95.0 Å². The second-order valence-corrected chi connectivity index (χ2v) is 4.03. The van der Waals surface area contributed by atoms with Gasteiger partial charge in [0.05, 0.1) is 0 Å². The van der Waals surface area contributed by atoms with E-state index in [0.717, 1.165) is 18.2 Å². The van der Waals surface area contributed by atoms with Gasteiger partial charge in [0.2, 0.25) is 0 Å². The molecule has 80 valence electrons. The lowest BCUT2D eigenvalue weighted by Crippen LogP contribution is -2.14. The minimum absolute atomic E-state index is 0.321. The highest BCUT2D eigenvalue weighted by Crippen LogP contribution is 2.09. The average molecular weight is 271 g/mol. The van der Waals surface area contributed by atoms with E-state index < -0.39 is 0 Å². The van der Waals surface area contributed by atoms with Crippen LogP contribution in [0, 0.1) is 0 Å². The SMILES string of the molecule is O=c1oc2cccnc2n1CCCCBr. The number of fused-ring (bicyclic) bond motifs is 1. The smallest absolute Gasteiger partial charge is 0.406 e. The van der Waals surface area contributed by atoms with Crippen LogP contribution in [0.5, 0.6) is 0 Å². The molecule has 0 radical (unpaired) electrons. The third-order valence-corrected chi connectivity index (χ3v) is 2.75. The zero-order valence-corrected chi connectivity index (χ0v) is 9.74. The molecule has 0 fully saturated rings. The van der Waals surface area contributed by atoms with Crippen LogP contribution in [0.25, 0.3) is 11.2 Å². The summed E-state index contributed by atoms with van der Waals surface area (Å²) in [6.07, 6.45) is 3.64. The summed E-state index contributed by atoms with van der Waals surface area (Å²) in [5, 5.41) is 0.949. The Morgan fingerprint density at radius 2 is 2.33 bits per heavy atom. The Hall–Kier alpha value is -1.10. The molecule has 0 unspecified atom stereocenters. The predicted octanol–water partition coefficient (Wildman–Crippen LogP) is 2.16. The molecule has 0 aliphatic heterocycles. The van der Waals surface area contributed by atoms with E-state index in [9.17, 15) is 4.79 Å². The van der Waals surface area contributed by atoms with Crippen LogP contribution in [-0.2, 0) is 6.54 Å². The van der Waals surface area contributed by atoms with Crippen LogP contribution in [0.15, 0.2) is 27.5 Å². The van der Waals surface area contributed by atoms with E-state index in [-0.39, 0.29) is 5.76 Å². The quantitative estimate of drug-likeness (QED) is 0.632. The predicted molar refractivity (Wildman–Crippen MR) is 61.3 cm³/mol. The molecule has 4 nitrogen and oxygen atoms in total. The normalized spacial score (nSPS) is 11.0. The van der Waals surface area contributed by atoms with Crippen molar-refractivity contribution in [1.29, 1.82) is 0 Å². The van der Waals surface area contributed by atoms with Crippen molar-refractivity contribution in [1.82, 2.24) is 9.55 Å². The van der Waals surface area contributed by atoms with Crippen molar-refractivity contribution in [2.75, 3.05) is 5.33 Å². The molecular formula is C10H11BrN2O2. The van der Waals surface area contributed by atoms with Crippen molar-refractivity contribution in [3.05, 3.63) is 28.9 Å². The van der Waals surface area contributed by atoms with Gasteiger partial charge >= 0.3 is 5.76 Å². The fraction of sp³-hybridized carbons (Fsp3) is 0.400. The highest BCUT2D eigenvalue weighted by Gasteiger charge is 2.08. The number of nitrogens with zero attached hydrogens (tertiary/aromatic N) is 2. The molecule has 15 heavy (non-hydrogen) atoms. The highest BCUT2D eigenvalue weighted by atomic mass is 79.9. The lowest BCUT2D eigenvalue weighted by Gasteiger charge is -1.98. The van der Waals surface area contributed by atoms with Crippen LogP contribution in [0.1, 0.15) is 12.8 Å². The van der Waals surface area contributed by atoms with Crippen LogP contribution in [0.2, 0.25) is 0 Å². The number of pyridine rings is 1. The first-order valence-electron chi connectivity index (χ1n) is 4.83. The largest absolute Gasteiger partial charge is 0.421 e. The Kier molecular flexibility index (Phi) is 3.20. The van der Waals surface area contributed by atoms with E-state index in [2.05, 4.69) is 20.9 Å². The number of halogens is 1. The number of hydrogen-bond acceptors (Lipinski definition) is 3. The molecule has 2 aromatic rings. The molecule has 0 spiro atoms. The van der Waals surface area contributed by atoms with E-state index in [1.54, 1.807) is 22.9 Å². The fourth-order valence-electron chi connectivity index (χ4n) is 1.46. The summed E-state index contributed by atoms with van der Waals surface area (Å²) in [5.74, 6) is -0.321. The van der Waals surface area contributed by atoms with Gasteiger partial charge < -0.3 is 4.42 Å². The molecule has 2 heterocycles. The average Bonchev–Trinajstić information content (AvgIpc) is 2.56. The number of aryl methyl sites for hydroxylation is 1. The van der Waals surface area contributed by atoms with E-state index in [4.69, 9.17) is 4.42 Å². The zero-order chi connectivity index (χ0) is 10.7. The van der Waals surface area contributed by atoms with Crippen LogP contribution in [0.3, 0.4) is 0 Å². The highest BCUT2D eigenvalue weighted by molar-refractivity contribution is 9.09. The van der Waals surface area contributed by atoms with E-state index >= 15 is 0 Å². The second-order valence-electron chi connectivity index (χ2n) is 3.24. The second kappa shape index (κ2) is 4.61. The Balaban J connectivity index is 2.33.